The predicted molar refractivity (Wildman–Crippen MR) is 64.0 cm³/mol. The molecule has 1 aromatic heterocycles. The summed E-state index contributed by atoms with van der Waals surface area (Å²) >= 11 is 0. The first-order chi connectivity index (χ1) is 7.84. The molecule has 2 rings (SSSR count). The molecule has 1 aliphatic rings. The summed E-state index contributed by atoms with van der Waals surface area (Å²) in [5.74, 6) is -0.600. The maximum atomic E-state index is 12.0. The number of nitrogens with zero attached hydrogens (tertiary/aromatic N) is 2. The zero-order chi connectivity index (χ0) is 12.8. The Morgan fingerprint density at radius 3 is 2.59 bits per heavy atom. The first-order valence-electron chi connectivity index (χ1n) is 5.80. The van der Waals surface area contributed by atoms with Crippen LogP contribution < -0.4 is 5.32 Å². The Morgan fingerprint density at radius 1 is 1.41 bits per heavy atom. The molecule has 0 fully saturated rings. The van der Waals surface area contributed by atoms with E-state index in [4.69, 9.17) is 0 Å². The second-order valence-electron chi connectivity index (χ2n) is 5.36. The van der Waals surface area contributed by atoms with Crippen molar-refractivity contribution in [3.63, 3.8) is 0 Å². The van der Waals surface area contributed by atoms with Crippen molar-refractivity contribution in [2.24, 2.45) is 5.92 Å². The van der Waals surface area contributed by atoms with Gasteiger partial charge >= 0.3 is 0 Å². The second-order valence-corrected chi connectivity index (χ2v) is 5.36. The maximum absolute atomic E-state index is 12.0. The van der Waals surface area contributed by atoms with Gasteiger partial charge in [0.05, 0.1) is 5.69 Å². The van der Waals surface area contributed by atoms with Crippen molar-refractivity contribution in [1.29, 1.82) is 0 Å². The lowest BCUT2D eigenvalue weighted by Crippen LogP contribution is -2.39. The smallest absolute Gasteiger partial charge is 0.261 e. The highest BCUT2D eigenvalue weighted by Crippen LogP contribution is 2.27. The highest BCUT2D eigenvalue weighted by Gasteiger charge is 2.35. The highest BCUT2D eigenvalue weighted by molar-refractivity contribution is 6.11. The Hall–Kier alpha value is -1.65. The lowest BCUT2D eigenvalue weighted by atomic mass is 9.92. The number of hydrogen-bond donors (Lipinski definition) is 1. The van der Waals surface area contributed by atoms with Crippen LogP contribution in [0.15, 0.2) is 6.07 Å². The number of carbonyl (C=O) groups is 2. The molecule has 1 atom stereocenters. The van der Waals surface area contributed by atoms with Gasteiger partial charge in [0.2, 0.25) is 5.91 Å². The van der Waals surface area contributed by atoms with Gasteiger partial charge in [-0.2, -0.15) is 9.78 Å². The average molecular weight is 235 g/mol. The molecule has 1 amide bonds. The molecule has 17 heavy (non-hydrogen) atoms. The van der Waals surface area contributed by atoms with E-state index in [-0.39, 0.29) is 17.2 Å². The van der Waals surface area contributed by atoms with Gasteiger partial charge in [0, 0.05) is 11.5 Å². The van der Waals surface area contributed by atoms with Crippen molar-refractivity contribution in [3.8, 4) is 0 Å². The molecule has 0 saturated heterocycles. The van der Waals surface area contributed by atoms with E-state index in [2.05, 4.69) is 10.4 Å². The molecule has 1 N–H and O–H groups in total. The van der Waals surface area contributed by atoms with Crippen molar-refractivity contribution in [1.82, 2.24) is 9.78 Å². The summed E-state index contributed by atoms with van der Waals surface area (Å²) in [5.41, 5.74) is 0.662. The molecule has 5 heteroatoms. The van der Waals surface area contributed by atoms with Crippen molar-refractivity contribution in [2.45, 2.75) is 39.5 Å². The van der Waals surface area contributed by atoms with Gasteiger partial charge < -0.3 is 5.32 Å². The van der Waals surface area contributed by atoms with Crippen molar-refractivity contribution >= 4 is 17.6 Å². The third kappa shape index (κ3) is 1.85. The van der Waals surface area contributed by atoms with E-state index in [0.29, 0.717) is 12.2 Å². The molecule has 1 unspecified atom stereocenters. The first-order valence-corrected chi connectivity index (χ1v) is 5.80. The van der Waals surface area contributed by atoms with Crippen molar-refractivity contribution < 1.29 is 9.59 Å². The van der Waals surface area contributed by atoms with Gasteiger partial charge in [-0.3, -0.25) is 9.59 Å². The zero-order valence-corrected chi connectivity index (χ0v) is 10.6. The monoisotopic (exact) mass is 235 g/mol. The normalized spacial score (nSPS) is 20.1. The molecule has 1 aliphatic heterocycles. The molecule has 0 saturated carbocycles. The van der Waals surface area contributed by atoms with Crippen molar-refractivity contribution in [2.75, 3.05) is 5.32 Å². The molecule has 0 aromatic carbocycles. The SMILES string of the molecule is CCC1C(=O)Nc2cc(C(C)(C)C)nn2C1=O. The largest absolute Gasteiger partial charge is 0.310 e. The van der Waals surface area contributed by atoms with Gasteiger partial charge in [-0.25, -0.2) is 0 Å². The number of fused-ring (bicyclic) bond motifs is 1. The number of anilines is 1. The van der Waals surface area contributed by atoms with E-state index in [0.717, 1.165) is 5.69 Å². The summed E-state index contributed by atoms with van der Waals surface area (Å²) in [6.45, 7) is 7.88. The second kappa shape index (κ2) is 3.68. The number of nitrogens with one attached hydrogen (secondary N) is 1. The summed E-state index contributed by atoms with van der Waals surface area (Å²) in [6.07, 6.45) is 0.495. The van der Waals surface area contributed by atoms with Crippen LogP contribution in [-0.4, -0.2) is 21.6 Å². The van der Waals surface area contributed by atoms with Gasteiger partial charge in [0.1, 0.15) is 11.7 Å². The fourth-order valence-corrected chi connectivity index (χ4v) is 1.84. The molecule has 92 valence electrons. The minimum atomic E-state index is -0.616. The van der Waals surface area contributed by atoms with E-state index in [1.54, 1.807) is 6.07 Å². The number of amides is 1. The standard InChI is InChI=1S/C12H17N3O2/c1-5-7-10(16)13-9-6-8(12(2,3)4)14-15(9)11(7)17/h6-7H,5H2,1-4H3,(H,13,16). The average Bonchev–Trinajstić information content (AvgIpc) is 2.61. The fourth-order valence-electron chi connectivity index (χ4n) is 1.84. The number of hydrogen-bond acceptors (Lipinski definition) is 3. The Labute approximate surface area is 100 Å². The molecule has 0 spiro atoms. The summed E-state index contributed by atoms with van der Waals surface area (Å²) in [7, 11) is 0. The predicted octanol–water partition coefficient (Wildman–Crippen LogP) is 1.80. The van der Waals surface area contributed by atoms with Crippen LogP contribution in [0.4, 0.5) is 5.82 Å². The summed E-state index contributed by atoms with van der Waals surface area (Å²) in [4.78, 5) is 23.7. The topological polar surface area (TPSA) is 64.0 Å². The number of carbonyl (C=O) groups excluding carboxylic acids is 2. The van der Waals surface area contributed by atoms with Crippen LogP contribution in [0.2, 0.25) is 0 Å². The third-order valence-electron chi connectivity index (χ3n) is 2.96. The third-order valence-corrected chi connectivity index (χ3v) is 2.96. The first kappa shape index (κ1) is 11.8. The van der Waals surface area contributed by atoms with Gasteiger partial charge in [0.15, 0.2) is 0 Å². The summed E-state index contributed by atoms with van der Waals surface area (Å²) < 4.78 is 1.32. The molecule has 0 aliphatic carbocycles. The summed E-state index contributed by atoms with van der Waals surface area (Å²) in [5, 5.41) is 7.01. The van der Waals surface area contributed by atoms with Crippen LogP contribution in [0.25, 0.3) is 0 Å². The minimum Gasteiger partial charge on any atom is -0.310 e. The van der Waals surface area contributed by atoms with E-state index in [1.807, 2.05) is 27.7 Å². The zero-order valence-electron chi connectivity index (χ0n) is 10.6. The minimum absolute atomic E-state index is 0.142. The molecule has 0 radical (unpaired) electrons. The lowest BCUT2D eigenvalue weighted by Gasteiger charge is -2.20. The van der Waals surface area contributed by atoms with Gasteiger partial charge in [-0.05, 0) is 6.42 Å². The molecular formula is C12H17N3O2. The van der Waals surface area contributed by atoms with Gasteiger partial charge in [-0.15, -0.1) is 0 Å². The molecule has 5 nitrogen and oxygen atoms in total. The number of aromatic nitrogens is 2. The van der Waals surface area contributed by atoms with Gasteiger partial charge in [-0.1, -0.05) is 27.7 Å². The summed E-state index contributed by atoms with van der Waals surface area (Å²) in [6, 6.07) is 1.77. The Morgan fingerprint density at radius 2 is 2.06 bits per heavy atom. The van der Waals surface area contributed by atoms with Crippen LogP contribution >= 0.6 is 0 Å². The fraction of sp³-hybridized carbons (Fsp3) is 0.583. The van der Waals surface area contributed by atoms with Crippen LogP contribution in [0, 0.1) is 5.92 Å². The van der Waals surface area contributed by atoms with E-state index in [9.17, 15) is 9.59 Å². The van der Waals surface area contributed by atoms with E-state index >= 15 is 0 Å². The number of rotatable bonds is 1. The Bertz CT molecular complexity index is 482. The molecule has 1 aromatic rings. The van der Waals surface area contributed by atoms with Crippen LogP contribution in [0.3, 0.4) is 0 Å². The molecular weight excluding hydrogens is 218 g/mol. The van der Waals surface area contributed by atoms with Crippen LogP contribution in [-0.2, 0) is 10.2 Å². The highest BCUT2D eigenvalue weighted by atomic mass is 16.2. The van der Waals surface area contributed by atoms with Gasteiger partial charge in [0.25, 0.3) is 5.91 Å². The van der Waals surface area contributed by atoms with Crippen LogP contribution in [0.1, 0.15) is 44.6 Å². The Balaban J connectivity index is 2.47. The molecule has 2 heterocycles. The van der Waals surface area contributed by atoms with Crippen LogP contribution in [0.5, 0.6) is 0 Å². The molecule has 0 bridgehead atoms. The lowest BCUT2D eigenvalue weighted by molar-refractivity contribution is -0.119. The quantitative estimate of drug-likeness (QED) is 0.755. The van der Waals surface area contributed by atoms with Crippen molar-refractivity contribution in [3.05, 3.63) is 11.8 Å². The maximum Gasteiger partial charge on any atom is 0.261 e. The van der Waals surface area contributed by atoms with E-state index < -0.39 is 5.92 Å². The van der Waals surface area contributed by atoms with E-state index in [1.165, 1.54) is 4.68 Å². The Kier molecular flexibility index (Phi) is 2.56.